The fourth-order valence-corrected chi connectivity index (χ4v) is 7.83. The van der Waals surface area contributed by atoms with Gasteiger partial charge in [-0.2, -0.15) is 0 Å². The first kappa shape index (κ1) is 29.9. The molecule has 0 amide bonds. The molecular weight excluding hydrogens is 481 g/mol. The number of hydrogen-bond donors (Lipinski definition) is 0. The van der Waals surface area contributed by atoms with Crippen molar-refractivity contribution >= 4 is 39.6 Å². The van der Waals surface area contributed by atoms with Crippen molar-refractivity contribution in [2.45, 2.75) is 102 Å². The quantitative estimate of drug-likeness (QED) is 0.134. The molecule has 1 aromatic carbocycles. The molecule has 1 atom stereocenters. The Kier molecular flexibility index (Phi) is 16.2. The van der Waals surface area contributed by atoms with E-state index in [9.17, 15) is 12.6 Å². The molecule has 1 aromatic rings. The van der Waals surface area contributed by atoms with Crippen LogP contribution in [0.2, 0.25) is 0 Å². The molecule has 186 valence electrons. The van der Waals surface area contributed by atoms with Crippen molar-refractivity contribution in [3.63, 3.8) is 0 Å². The van der Waals surface area contributed by atoms with Gasteiger partial charge in [-0.15, -0.1) is 0 Å². The van der Waals surface area contributed by atoms with Crippen LogP contribution < -0.4 is 0 Å². The first-order chi connectivity index (χ1) is 15.3. The van der Waals surface area contributed by atoms with Gasteiger partial charge in [-0.3, -0.25) is 4.18 Å². The minimum Gasteiger partial charge on any atom is -0.290 e. The molecule has 0 saturated heterocycles. The van der Waals surface area contributed by atoms with Crippen LogP contribution >= 0.6 is 10.8 Å². The summed E-state index contributed by atoms with van der Waals surface area (Å²) < 4.78 is 42.5. The van der Waals surface area contributed by atoms with Crippen molar-refractivity contribution in [1.29, 1.82) is 0 Å². The lowest BCUT2D eigenvalue weighted by molar-refractivity contribution is 0.330. The Morgan fingerprint density at radius 1 is 0.750 bits per heavy atom. The topological polar surface area (TPSA) is 60.4 Å². The van der Waals surface area contributed by atoms with Gasteiger partial charge in [0.25, 0.3) is 0 Å². The van der Waals surface area contributed by atoms with E-state index in [2.05, 4.69) is 13.8 Å². The summed E-state index contributed by atoms with van der Waals surface area (Å²) in [6.07, 6.45) is 13.3. The highest BCUT2D eigenvalue weighted by Gasteiger charge is 2.12. The van der Waals surface area contributed by atoms with E-state index in [-0.39, 0.29) is 11.5 Å². The van der Waals surface area contributed by atoms with Crippen molar-refractivity contribution in [1.82, 2.24) is 0 Å². The summed E-state index contributed by atoms with van der Waals surface area (Å²) in [7, 11) is -4.85. The Hall–Kier alpha value is -0.150. The molecule has 0 aromatic heterocycles. The standard InChI is InChI=1S/C24H42O4S4/c1-3-5-7-9-11-13-19-28-32(27,29)22-24-17-15-23(16-18-24)21-30-31(25,26)20-14-12-10-8-6-4-2/h15-18H,3-14,19-22H2,1-2H3. The summed E-state index contributed by atoms with van der Waals surface area (Å²) in [5, 5.41) is 0. The number of benzene rings is 1. The molecule has 0 spiro atoms. The molecular formula is C24H42O4S4. The lowest BCUT2D eigenvalue weighted by Gasteiger charge is -2.09. The molecule has 0 N–H and O–H groups in total. The van der Waals surface area contributed by atoms with Crippen molar-refractivity contribution in [2.24, 2.45) is 0 Å². The Balaban J connectivity index is 2.31. The van der Waals surface area contributed by atoms with Crippen LogP contribution in [0.3, 0.4) is 0 Å². The fourth-order valence-electron chi connectivity index (χ4n) is 3.32. The molecule has 0 aliphatic carbocycles. The van der Waals surface area contributed by atoms with Crippen molar-refractivity contribution in [3.8, 4) is 0 Å². The van der Waals surface area contributed by atoms with Crippen molar-refractivity contribution in [2.75, 3.05) is 12.4 Å². The lowest BCUT2D eigenvalue weighted by atomic mass is 10.1. The van der Waals surface area contributed by atoms with Gasteiger partial charge in [0, 0.05) is 16.9 Å². The van der Waals surface area contributed by atoms with E-state index >= 15 is 0 Å². The Morgan fingerprint density at radius 2 is 1.25 bits per heavy atom. The van der Waals surface area contributed by atoms with Gasteiger partial charge in [-0.25, -0.2) is 12.6 Å². The maximum absolute atomic E-state index is 12.5. The second-order valence-corrected chi connectivity index (χ2v) is 15.8. The van der Waals surface area contributed by atoms with Gasteiger partial charge in [0.2, 0.25) is 8.87 Å². The Morgan fingerprint density at radius 3 is 1.84 bits per heavy atom. The van der Waals surface area contributed by atoms with Crippen LogP contribution in [0.15, 0.2) is 24.3 Å². The minimum atomic E-state index is -3.10. The van der Waals surface area contributed by atoms with Crippen LogP contribution in [-0.4, -0.2) is 25.0 Å². The van der Waals surface area contributed by atoms with Crippen LogP contribution in [0.25, 0.3) is 0 Å². The zero-order chi connectivity index (χ0) is 23.7. The smallest absolute Gasteiger partial charge is 0.201 e. The normalized spacial score (nSPS) is 13.8. The van der Waals surface area contributed by atoms with Crippen LogP contribution in [-0.2, 0) is 44.5 Å². The molecule has 0 fully saturated rings. The maximum Gasteiger partial charge on any atom is 0.201 e. The van der Waals surface area contributed by atoms with E-state index in [1.54, 1.807) is 0 Å². The molecule has 1 unspecified atom stereocenters. The van der Waals surface area contributed by atoms with E-state index in [0.29, 0.717) is 12.4 Å². The van der Waals surface area contributed by atoms with Gasteiger partial charge in [-0.1, -0.05) is 102 Å². The SMILES string of the molecule is CCCCCCCCOS(=O)(=S)Cc1ccc(CSS(=O)(=O)CCCCCCCC)cc1. The second-order valence-electron chi connectivity index (χ2n) is 8.40. The van der Waals surface area contributed by atoms with Gasteiger partial charge in [-0.05, 0) is 34.8 Å². The molecule has 32 heavy (non-hydrogen) atoms. The van der Waals surface area contributed by atoms with E-state index in [1.165, 1.54) is 44.9 Å². The first-order valence-corrected chi connectivity index (χ1v) is 17.8. The average molecular weight is 523 g/mol. The molecule has 0 bridgehead atoms. The van der Waals surface area contributed by atoms with Gasteiger partial charge >= 0.3 is 0 Å². The van der Waals surface area contributed by atoms with E-state index in [0.717, 1.165) is 54.0 Å². The maximum atomic E-state index is 12.5. The van der Waals surface area contributed by atoms with Crippen molar-refractivity contribution < 1.29 is 16.8 Å². The predicted molar refractivity (Wildman–Crippen MR) is 143 cm³/mol. The summed E-state index contributed by atoms with van der Waals surface area (Å²) in [6.45, 7) is 4.81. The van der Waals surface area contributed by atoms with Gasteiger partial charge in [0.1, 0.15) is 8.77 Å². The van der Waals surface area contributed by atoms with Crippen LogP contribution in [0.4, 0.5) is 0 Å². The molecule has 4 nitrogen and oxygen atoms in total. The summed E-state index contributed by atoms with van der Waals surface area (Å²) in [5.41, 5.74) is 1.80. The third-order valence-corrected chi connectivity index (χ3v) is 10.7. The van der Waals surface area contributed by atoms with Gasteiger partial charge in [0.15, 0.2) is 0 Å². The predicted octanol–water partition coefficient (Wildman–Crippen LogP) is 7.15. The zero-order valence-corrected chi connectivity index (χ0v) is 23.2. The van der Waals surface area contributed by atoms with E-state index in [1.807, 2.05) is 24.3 Å². The third-order valence-electron chi connectivity index (χ3n) is 5.28. The first-order valence-electron chi connectivity index (χ1n) is 12.1. The minimum absolute atomic E-state index is 0.210. The van der Waals surface area contributed by atoms with Crippen molar-refractivity contribution in [3.05, 3.63) is 35.4 Å². The highest BCUT2D eigenvalue weighted by atomic mass is 33.1. The number of unbranched alkanes of at least 4 members (excludes halogenated alkanes) is 10. The summed E-state index contributed by atoms with van der Waals surface area (Å²) in [4.78, 5) is 0. The average Bonchev–Trinajstić information content (AvgIpc) is 2.75. The second kappa shape index (κ2) is 17.3. The fraction of sp³-hybridized carbons (Fsp3) is 0.750. The highest BCUT2D eigenvalue weighted by Crippen LogP contribution is 2.22. The molecule has 0 aliphatic rings. The van der Waals surface area contributed by atoms with Crippen LogP contribution in [0, 0.1) is 0 Å². The number of rotatable bonds is 20. The molecule has 1 rings (SSSR count). The van der Waals surface area contributed by atoms with E-state index < -0.39 is 17.6 Å². The Bertz CT molecular complexity index is 803. The van der Waals surface area contributed by atoms with Crippen LogP contribution in [0.5, 0.6) is 0 Å². The zero-order valence-electron chi connectivity index (χ0n) is 19.9. The Labute approximate surface area is 205 Å². The molecule has 0 saturated carbocycles. The van der Waals surface area contributed by atoms with Gasteiger partial charge in [0.05, 0.1) is 18.1 Å². The molecule has 8 heteroatoms. The summed E-state index contributed by atoms with van der Waals surface area (Å²) in [5.74, 6) is 0.883. The molecule has 0 radical (unpaired) electrons. The van der Waals surface area contributed by atoms with Gasteiger partial charge < -0.3 is 0 Å². The lowest BCUT2D eigenvalue weighted by Crippen LogP contribution is -2.08. The monoisotopic (exact) mass is 522 g/mol. The number of hydrogen-bond acceptors (Lipinski definition) is 6. The third kappa shape index (κ3) is 15.6. The largest absolute Gasteiger partial charge is 0.290 e. The highest BCUT2D eigenvalue weighted by molar-refractivity contribution is 8.71. The molecule has 0 aliphatic heterocycles. The molecule has 0 heterocycles. The van der Waals surface area contributed by atoms with E-state index in [4.69, 9.17) is 15.4 Å². The van der Waals surface area contributed by atoms with Crippen LogP contribution in [0.1, 0.15) is 102 Å². The summed E-state index contributed by atoms with van der Waals surface area (Å²) in [6, 6.07) is 7.52. The summed E-state index contributed by atoms with van der Waals surface area (Å²) >= 11 is 5.17.